The molecule has 1 saturated heterocycles. The number of carbonyl (C=O) groups is 1. The van der Waals surface area contributed by atoms with E-state index >= 15 is 0 Å². The number of aliphatic hydroxyl groups is 4. The SMILES string of the molecule is CCCCC/C=C\C/C=C\C/C=C\CCCCCCCCCOCC(COC1OC(CO)C(O)C(O)C1O)OC(=O)CCCCCCCCC/C=C\CCCCCCCCC. The van der Waals surface area contributed by atoms with Gasteiger partial charge in [-0.2, -0.15) is 0 Å². The molecule has 0 bridgehead atoms. The molecule has 0 spiro atoms. The Balaban J connectivity index is 2.23. The summed E-state index contributed by atoms with van der Waals surface area (Å²) in [6.07, 6.45) is 47.1. The summed E-state index contributed by atoms with van der Waals surface area (Å²) in [5, 5.41) is 40.2. The Morgan fingerprint density at radius 1 is 0.525 bits per heavy atom. The van der Waals surface area contributed by atoms with Crippen molar-refractivity contribution < 1.29 is 44.2 Å². The van der Waals surface area contributed by atoms with E-state index in [1.54, 1.807) is 0 Å². The Morgan fingerprint density at radius 2 is 0.951 bits per heavy atom. The van der Waals surface area contributed by atoms with E-state index in [4.69, 9.17) is 18.9 Å². The lowest BCUT2D eigenvalue weighted by atomic mass is 9.99. The number of rotatable bonds is 43. The van der Waals surface area contributed by atoms with Gasteiger partial charge in [0, 0.05) is 13.0 Å². The van der Waals surface area contributed by atoms with E-state index in [1.165, 1.54) is 135 Å². The highest BCUT2D eigenvalue weighted by molar-refractivity contribution is 5.69. The molecule has 1 fully saturated rings. The van der Waals surface area contributed by atoms with Crippen molar-refractivity contribution in [2.75, 3.05) is 26.4 Å². The van der Waals surface area contributed by atoms with Gasteiger partial charge in [0.05, 0.1) is 19.8 Å². The molecule has 9 heteroatoms. The first-order valence-electron chi connectivity index (χ1n) is 25.2. The highest BCUT2D eigenvalue weighted by atomic mass is 16.7. The minimum Gasteiger partial charge on any atom is -0.457 e. The zero-order valence-electron chi connectivity index (χ0n) is 39.2. The summed E-state index contributed by atoms with van der Waals surface area (Å²) >= 11 is 0. The van der Waals surface area contributed by atoms with E-state index < -0.39 is 43.4 Å². The molecule has 0 aromatic carbocycles. The molecule has 6 unspecified atom stereocenters. The molecule has 1 aliphatic rings. The zero-order chi connectivity index (χ0) is 44.3. The molecule has 4 N–H and O–H groups in total. The normalized spacial score (nSPS) is 20.3. The van der Waals surface area contributed by atoms with Crippen molar-refractivity contribution in [3.63, 3.8) is 0 Å². The summed E-state index contributed by atoms with van der Waals surface area (Å²) in [6, 6.07) is 0. The number of hydrogen-bond acceptors (Lipinski definition) is 9. The van der Waals surface area contributed by atoms with Crippen LogP contribution < -0.4 is 0 Å². The maximum atomic E-state index is 12.8. The van der Waals surface area contributed by atoms with Crippen molar-refractivity contribution in [3.05, 3.63) is 48.6 Å². The second-order valence-electron chi connectivity index (χ2n) is 17.3. The number of aliphatic hydroxyl groups excluding tert-OH is 4. The number of unbranched alkanes of at least 4 members (excludes halogenated alkanes) is 24. The van der Waals surface area contributed by atoms with E-state index in [0.717, 1.165) is 57.8 Å². The fourth-order valence-corrected chi connectivity index (χ4v) is 7.49. The van der Waals surface area contributed by atoms with Gasteiger partial charge in [0.15, 0.2) is 6.29 Å². The summed E-state index contributed by atoms with van der Waals surface area (Å²) in [7, 11) is 0. The predicted molar refractivity (Wildman–Crippen MR) is 251 cm³/mol. The molecular weight excluding hydrogens is 769 g/mol. The van der Waals surface area contributed by atoms with E-state index in [9.17, 15) is 25.2 Å². The lowest BCUT2D eigenvalue weighted by molar-refractivity contribution is -0.305. The molecule has 0 aromatic heterocycles. The quantitative estimate of drug-likeness (QED) is 0.0268. The van der Waals surface area contributed by atoms with E-state index in [0.29, 0.717) is 13.0 Å². The molecule has 9 nitrogen and oxygen atoms in total. The Bertz CT molecular complexity index is 1070. The minimum atomic E-state index is -1.54. The van der Waals surface area contributed by atoms with E-state index in [1.807, 2.05) is 0 Å². The Morgan fingerprint density at radius 3 is 1.48 bits per heavy atom. The Kier molecular flexibility index (Phi) is 40.7. The van der Waals surface area contributed by atoms with Crippen molar-refractivity contribution in [1.29, 1.82) is 0 Å². The fourth-order valence-electron chi connectivity index (χ4n) is 7.49. The van der Waals surface area contributed by atoms with Gasteiger partial charge < -0.3 is 39.4 Å². The van der Waals surface area contributed by atoms with Gasteiger partial charge in [0.2, 0.25) is 0 Å². The highest BCUT2D eigenvalue weighted by Gasteiger charge is 2.44. The molecule has 1 rings (SSSR count). The van der Waals surface area contributed by atoms with Gasteiger partial charge in [-0.3, -0.25) is 4.79 Å². The molecule has 0 aromatic rings. The van der Waals surface area contributed by atoms with Crippen molar-refractivity contribution in [2.24, 2.45) is 0 Å². The number of allylic oxidation sites excluding steroid dienone is 8. The maximum Gasteiger partial charge on any atom is 0.306 e. The highest BCUT2D eigenvalue weighted by Crippen LogP contribution is 2.23. The number of hydrogen-bond donors (Lipinski definition) is 4. The third-order valence-corrected chi connectivity index (χ3v) is 11.5. The number of ether oxygens (including phenoxy) is 4. The molecule has 6 atom stereocenters. The van der Waals surface area contributed by atoms with Crippen LogP contribution in [0.2, 0.25) is 0 Å². The van der Waals surface area contributed by atoms with Crippen LogP contribution in [0.4, 0.5) is 0 Å². The van der Waals surface area contributed by atoms with Gasteiger partial charge in [-0.15, -0.1) is 0 Å². The van der Waals surface area contributed by atoms with Gasteiger partial charge >= 0.3 is 5.97 Å². The molecule has 356 valence electrons. The maximum absolute atomic E-state index is 12.8. The second kappa shape index (κ2) is 43.4. The first-order valence-corrected chi connectivity index (χ1v) is 25.2. The number of carbonyl (C=O) groups excluding carboxylic acids is 1. The molecule has 61 heavy (non-hydrogen) atoms. The summed E-state index contributed by atoms with van der Waals surface area (Å²) in [5.74, 6) is -0.321. The third kappa shape index (κ3) is 34.3. The van der Waals surface area contributed by atoms with Crippen molar-refractivity contribution in [2.45, 2.75) is 250 Å². The van der Waals surface area contributed by atoms with Gasteiger partial charge in [-0.1, -0.05) is 178 Å². The van der Waals surface area contributed by atoms with Crippen LogP contribution >= 0.6 is 0 Å². The van der Waals surface area contributed by atoms with Crippen LogP contribution in [0.25, 0.3) is 0 Å². The summed E-state index contributed by atoms with van der Waals surface area (Å²) in [6.45, 7) is 4.52. The van der Waals surface area contributed by atoms with Crippen LogP contribution in [0, 0.1) is 0 Å². The van der Waals surface area contributed by atoms with Crippen LogP contribution in [0.5, 0.6) is 0 Å². The summed E-state index contributed by atoms with van der Waals surface area (Å²) in [5.41, 5.74) is 0. The molecule has 1 heterocycles. The largest absolute Gasteiger partial charge is 0.457 e. The van der Waals surface area contributed by atoms with Gasteiger partial charge in [0.1, 0.15) is 30.5 Å². The van der Waals surface area contributed by atoms with Crippen LogP contribution in [-0.2, 0) is 23.7 Å². The Hall–Kier alpha value is -1.85. The average molecular weight is 863 g/mol. The van der Waals surface area contributed by atoms with Gasteiger partial charge in [-0.05, 0) is 77.0 Å². The standard InChI is InChI=1S/C52H94O9/c1-3-5-7-9-11-13-15-17-19-21-23-24-26-28-30-32-34-36-38-40-42-58-44-46(45-59-52-51(57)50(56)49(55)47(43-53)61-52)60-48(54)41-39-37-35-33-31-29-27-25-22-20-18-16-14-12-10-8-6-4-2/h11,13,17,19-20,22-24,46-47,49-53,55-57H,3-10,12,14-16,18,21,25-45H2,1-2H3/b13-11-,19-17-,22-20-,24-23-. The molecule has 0 amide bonds. The number of esters is 1. The summed E-state index contributed by atoms with van der Waals surface area (Å²) < 4.78 is 22.9. The lowest BCUT2D eigenvalue weighted by Gasteiger charge is -2.39. The van der Waals surface area contributed by atoms with Crippen molar-refractivity contribution in [3.8, 4) is 0 Å². The topological polar surface area (TPSA) is 135 Å². The van der Waals surface area contributed by atoms with Crippen LogP contribution in [-0.4, -0.2) is 89.6 Å². The first kappa shape index (κ1) is 57.2. The first-order chi connectivity index (χ1) is 29.9. The second-order valence-corrected chi connectivity index (χ2v) is 17.3. The van der Waals surface area contributed by atoms with E-state index in [-0.39, 0.29) is 19.2 Å². The molecule has 0 aliphatic carbocycles. The molecule has 0 saturated carbocycles. The molecule has 0 radical (unpaired) electrons. The van der Waals surface area contributed by atoms with Crippen LogP contribution in [0.15, 0.2) is 48.6 Å². The third-order valence-electron chi connectivity index (χ3n) is 11.5. The van der Waals surface area contributed by atoms with Crippen molar-refractivity contribution in [1.82, 2.24) is 0 Å². The van der Waals surface area contributed by atoms with Crippen LogP contribution in [0.1, 0.15) is 213 Å². The minimum absolute atomic E-state index is 0.120. The molecular formula is C52H94O9. The zero-order valence-corrected chi connectivity index (χ0v) is 39.2. The monoisotopic (exact) mass is 863 g/mol. The Labute approximate surface area is 373 Å². The van der Waals surface area contributed by atoms with Crippen molar-refractivity contribution >= 4 is 5.97 Å². The fraction of sp³-hybridized carbons (Fsp3) is 0.827. The predicted octanol–water partition coefficient (Wildman–Crippen LogP) is 12.1. The average Bonchev–Trinajstić information content (AvgIpc) is 3.26. The smallest absolute Gasteiger partial charge is 0.306 e. The molecule has 1 aliphatic heterocycles. The summed E-state index contributed by atoms with van der Waals surface area (Å²) in [4.78, 5) is 12.8. The van der Waals surface area contributed by atoms with Gasteiger partial charge in [-0.25, -0.2) is 0 Å². The van der Waals surface area contributed by atoms with Gasteiger partial charge in [0.25, 0.3) is 0 Å². The van der Waals surface area contributed by atoms with Crippen LogP contribution in [0.3, 0.4) is 0 Å². The lowest BCUT2D eigenvalue weighted by Crippen LogP contribution is -2.59. The van der Waals surface area contributed by atoms with E-state index in [2.05, 4.69) is 62.5 Å².